The standard InChI is InChI=1S/C14H19N5O5/c1-2-3-8(21)24-11-10(22)7(4-20)23-14(11)19-6-18-9-12(15)16-5-17-13(9)19/h5-7,10-11,14,20,22H,2-4H2,1H3,(H2,15,16,17)/t7-,10?,11?,14-/m1/s1. The van der Waals surface area contributed by atoms with Crippen molar-refractivity contribution in [2.45, 2.75) is 44.3 Å². The molecule has 0 saturated carbocycles. The average molecular weight is 337 g/mol. The zero-order chi connectivity index (χ0) is 17.3. The maximum atomic E-state index is 11.9. The molecule has 3 heterocycles. The molecule has 1 aliphatic rings. The SMILES string of the molecule is CCCC(=O)OC1C(O)[C@@H](CO)O[C@H]1n1cnc2c(N)ncnc21. The zero-order valence-electron chi connectivity index (χ0n) is 13.1. The summed E-state index contributed by atoms with van der Waals surface area (Å²) in [5, 5.41) is 19.7. The van der Waals surface area contributed by atoms with Crippen LogP contribution in [0.1, 0.15) is 26.0 Å². The van der Waals surface area contributed by atoms with Gasteiger partial charge in [-0.3, -0.25) is 9.36 Å². The van der Waals surface area contributed by atoms with E-state index in [2.05, 4.69) is 15.0 Å². The summed E-state index contributed by atoms with van der Waals surface area (Å²) < 4.78 is 12.5. The maximum Gasteiger partial charge on any atom is 0.306 e. The number of hydrogen-bond donors (Lipinski definition) is 3. The zero-order valence-corrected chi connectivity index (χ0v) is 13.1. The van der Waals surface area contributed by atoms with Gasteiger partial charge >= 0.3 is 5.97 Å². The van der Waals surface area contributed by atoms with Crippen LogP contribution in [-0.2, 0) is 14.3 Å². The second-order valence-electron chi connectivity index (χ2n) is 5.53. The monoisotopic (exact) mass is 337 g/mol. The second-order valence-corrected chi connectivity index (χ2v) is 5.53. The third-order valence-corrected chi connectivity index (χ3v) is 3.88. The highest BCUT2D eigenvalue weighted by Gasteiger charge is 2.47. The van der Waals surface area contributed by atoms with Crippen molar-refractivity contribution in [1.82, 2.24) is 19.5 Å². The van der Waals surface area contributed by atoms with Crippen LogP contribution in [0.25, 0.3) is 11.2 Å². The fourth-order valence-corrected chi connectivity index (χ4v) is 2.69. The van der Waals surface area contributed by atoms with Crippen LogP contribution in [0.15, 0.2) is 12.7 Å². The molecule has 0 aromatic carbocycles. The minimum atomic E-state index is -1.17. The predicted octanol–water partition coefficient (Wildman–Crippen LogP) is -0.629. The Hall–Kier alpha value is -2.30. The Morgan fingerprint density at radius 3 is 2.96 bits per heavy atom. The summed E-state index contributed by atoms with van der Waals surface area (Å²) in [6.45, 7) is 1.43. The van der Waals surface area contributed by atoms with Gasteiger partial charge in [-0.15, -0.1) is 0 Å². The molecule has 0 aliphatic carbocycles. The molecule has 0 bridgehead atoms. The highest BCUT2D eigenvalue weighted by Crippen LogP contribution is 2.34. The lowest BCUT2D eigenvalue weighted by atomic mass is 10.1. The summed E-state index contributed by atoms with van der Waals surface area (Å²) >= 11 is 0. The number of nitrogens with zero attached hydrogens (tertiary/aromatic N) is 4. The van der Waals surface area contributed by atoms with Gasteiger partial charge < -0.3 is 25.4 Å². The van der Waals surface area contributed by atoms with E-state index in [1.807, 2.05) is 6.92 Å². The van der Waals surface area contributed by atoms with Crippen LogP contribution in [0.5, 0.6) is 0 Å². The Bertz CT molecular complexity index is 735. The van der Waals surface area contributed by atoms with E-state index in [0.29, 0.717) is 17.6 Å². The number of aliphatic hydroxyl groups excluding tert-OH is 2. The van der Waals surface area contributed by atoms with E-state index in [1.54, 1.807) is 0 Å². The third kappa shape index (κ3) is 2.79. The highest BCUT2D eigenvalue weighted by atomic mass is 16.6. The molecule has 1 saturated heterocycles. The molecular formula is C14H19N5O5. The number of nitrogen functional groups attached to an aromatic ring is 1. The van der Waals surface area contributed by atoms with E-state index in [4.69, 9.17) is 15.2 Å². The Labute approximate surface area is 137 Å². The molecule has 0 amide bonds. The van der Waals surface area contributed by atoms with Crippen molar-refractivity contribution in [2.24, 2.45) is 0 Å². The topological polar surface area (TPSA) is 146 Å². The molecule has 4 N–H and O–H groups in total. The van der Waals surface area contributed by atoms with E-state index >= 15 is 0 Å². The van der Waals surface area contributed by atoms with Crippen molar-refractivity contribution in [1.29, 1.82) is 0 Å². The molecule has 2 aromatic rings. The molecule has 24 heavy (non-hydrogen) atoms. The number of nitrogens with two attached hydrogens (primary N) is 1. The van der Waals surface area contributed by atoms with Gasteiger partial charge in [0.25, 0.3) is 0 Å². The Morgan fingerprint density at radius 2 is 2.25 bits per heavy atom. The molecule has 1 aliphatic heterocycles. The van der Waals surface area contributed by atoms with Gasteiger partial charge in [0.2, 0.25) is 0 Å². The van der Waals surface area contributed by atoms with Gasteiger partial charge in [-0.25, -0.2) is 15.0 Å². The van der Waals surface area contributed by atoms with Gasteiger partial charge in [0.15, 0.2) is 23.8 Å². The van der Waals surface area contributed by atoms with Gasteiger partial charge in [0, 0.05) is 6.42 Å². The van der Waals surface area contributed by atoms with Gasteiger partial charge in [0.1, 0.15) is 24.1 Å². The van der Waals surface area contributed by atoms with Crippen molar-refractivity contribution in [3.8, 4) is 0 Å². The Kier molecular flexibility index (Phi) is 4.60. The summed E-state index contributed by atoms with van der Waals surface area (Å²) in [5.41, 5.74) is 6.52. The Balaban J connectivity index is 1.96. The van der Waals surface area contributed by atoms with Gasteiger partial charge in [0.05, 0.1) is 12.9 Å². The average Bonchev–Trinajstić information content (AvgIpc) is 3.11. The first kappa shape index (κ1) is 16.6. The van der Waals surface area contributed by atoms with Crippen LogP contribution >= 0.6 is 0 Å². The van der Waals surface area contributed by atoms with E-state index in [1.165, 1.54) is 17.2 Å². The molecule has 130 valence electrons. The number of anilines is 1. The number of carbonyl (C=O) groups is 1. The number of aliphatic hydroxyl groups is 2. The molecule has 2 unspecified atom stereocenters. The first-order chi connectivity index (χ1) is 11.6. The summed E-state index contributed by atoms with van der Waals surface area (Å²) in [6.07, 6.45) is -0.375. The lowest BCUT2D eigenvalue weighted by molar-refractivity contribution is -0.158. The van der Waals surface area contributed by atoms with E-state index in [-0.39, 0.29) is 12.2 Å². The fourth-order valence-electron chi connectivity index (χ4n) is 2.69. The Morgan fingerprint density at radius 1 is 1.46 bits per heavy atom. The molecule has 10 nitrogen and oxygen atoms in total. The lowest BCUT2D eigenvalue weighted by Crippen LogP contribution is -2.37. The van der Waals surface area contributed by atoms with Crippen molar-refractivity contribution in [3.05, 3.63) is 12.7 Å². The normalized spacial score (nSPS) is 26.8. The number of aromatic nitrogens is 4. The molecule has 3 rings (SSSR count). The smallest absolute Gasteiger partial charge is 0.306 e. The third-order valence-electron chi connectivity index (χ3n) is 3.88. The molecule has 10 heteroatoms. The lowest BCUT2D eigenvalue weighted by Gasteiger charge is -2.21. The molecule has 0 spiro atoms. The van der Waals surface area contributed by atoms with Crippen LogP contribution in [-0.4, -0.2) is 60.6 Å². The molecule has 1 fully saturated rings. The second kappa shape index (κ2) is 6.67. The van der Waals surface area contributed by atoms with E-state index in [9.17, 15) is 15.0 Å². The van der Waals surface area contributed by atoms with Gasteiger partial charge in [-0.2, -0.15) is 0 Å². The van der Waals surface area contributed by atoms with E-state index in [0.717, 1.165) is 0 Å². The molecule has 2 aromatic heterocycles. The molecule has 0 radical (unpaired) electrons. The van der Waals surface area contributed by atoms with Crippen LogP contribution in [0.2, 0.25) is 0 Å². The van der Waals surface area contributed by atoms with Gasteiger partial charge in [-0.05, 0) is 6.42 Å². The summed E-state index contributed by atoms with van der Waals surface area (Å²) in [6, 6.07) is 0. The van der Waals surface area contributed by atoms with Crippen LogP contribution in [0.4, 0.5) is 5.82 Å². The summed E-state index contributed by atoms with van der Waals surface area (Å²) in [7, 11) is 0. The number of hydrogen-bond acceptors (Lipinski definition) is 9. The number of carbonyl (C=O) groups excluding carboxylic acids is 1. The minimum Gasteiger partial charge on any atom is -0.455 e. The first-order valence-electron chi connectivity index (χ1n) is 7.63. The van der Waals surface area contributed by atoms with Crippen molar-refractivity contribution in [2.75, 3.05) is 12.3 Å². The van der Waals surface area contributed by atoms with Crippen molar-refractivity contribution < 1.29 is 24.5 Å². The number of esters is 1. The maximum absolute atomic E-state index is 11.9. The number of rotatable bonds is 5. The number of fused-ring (bicyclic) bond motifs is 1. The molecular weight excluding hydrogens is 318 g/mol. The minimum absolute atomic E-state index is 0.204. The number of imidazole rings is 1. The van der Waals surface area contributed by atoms with Crippen LogP contribution in [0.3, 0.4) is 0 Å². The largest absolute Gasteiger partial charge is 0.455 e. The fraction of sp³-hybridized carbons (Fsp3) is 0.571. The number of ether oxygens (including phenoxy) is 2. The summed E-state index contributed by atoms with van der Waals surface area (Å²) in [5.74, 6) is -0.247. The predicted molar refractivity (Wildman–Crippen MR) is 81.5 cm³/mol. The summed E-state index contributed by atoms with van der Waals surface area (Å²) in [4.78, 5) is 24.0. The quantitative estimate of drug-likeness (QED) is 0.607. The first-order valence-corrected chi connectivity index (χ1v) is 7.63. The van der Waals surface area contributed by atoms with Gasteiger partial charge in [-0.1, -0.05) is 6.92 Å². The van der Waals surface area contributed by atoms with Crippen molar-refractivity contribution in [3.63, 3.8) is 0 Å². The molecule has 4 atom stereocenters. The van der Waals surface area contributed by atoms with E-state index < -0.39 is 37.1 Å². The van der Waals surface area contributed by atoms with Crippen LogP contribution in [0, 0.1) is 0 Å². The van der Waals surface area contributed by atoms with Crippen molar-refractivity contribution >= 4 is 23.0 Å². The van der Waals surface area contributed by atoms with Crippen LogP contribution < -0.4 is 5.73 Å². The highest BCUT2D eigenvalue weighted by molar-refractivity contribution is 5.81.